The van der Waals surface area contributed by atoms with E-state index in [-0.39, 0.29) is 23.7 Å². The van der Waals surface area contributed by atoms with Crippen LogP contribution >= 0.6 is 0 Å². The molecule has 0 saturated carbocycles. The molecule has 1 fully saturated rings. The third-order valence-corrected chi connectivity index (χ3v) is 9.67. The highest BCUT2D eigenvalue weighted by atomic mass is 16.6. The number of benzene rings is 4. The molecule has 4 aromatic carbocycles. The zero-order chi connectivity index (χ0) is 24.5. The average molecular weight is 473 g/mol. The van der Waals surface area contributed by atoms with Gasteiger partial charge >= 0.3 is 0 Å². The van der Waals surface area contributed by atoms with Crippen molar-refractivity contribution in [2.24, 2.45) is 0 Å². The average Bonchev–Trinajstić information content (AvgIpc) is 3.68. The van der Waals surface area contributed by atoms with Crippen molar-refractivity contribution in [1.29, 1.82) is 10.5 Å². The highest BCUT2D eigenvalue weighted by Crippen LogP contribution is 2.78. The number of ether oxygens (including phenoxy) is 1. The molecule has 7 aliphatic rings. The van der Waals surface area contributed by atoms with Crippen LogP contribution < -0.4 is 0 Å². The fraction of sp³-hybridized carbons (Fsp3) is 0.176. The minimum Gasteiger partial charge on any atom is -0.339 e. The van der Waals surface area contributed by atoms with Crippen molar-refractivity contribution in [3.05, 3.63) is 153 Å². The number of hydrogen-bond acceptors (Lipinski definition) is 3. The summed E-state index contributed by atoms with van der Waals surface area (Å²) < 4.78 is 6.94. The van der Waals surface area contributed by atoms with E-state index < -0.39 is 11.2 Å². The summed E-state index contributed by atoms with van der Waals surface area (Å²) in [6.07, 6.45) is 0. The Labute approximate surface area is 214 Å². The van der Waals surface area contributed by atoms with Crippen LogP contribution in [-0.4, -0.2) is 11.2 Å². The number of rotatable bonds is 1. The Morgan fingerprint density at radius 2 is 0.946 bits per heavy atom. The molecule has 3 nitrogen and oxygen atoms in total. The lowest BCUT2D eigenvalue weighted by atomic mass is 9.48. The van der Waals surface area contributed by atoms with Crippen LogP contribution in [0.5, 0.6) is 0 Å². The fourth-order valence-corrected chi connectivity index (χ4v) is 8.52. The van der Waals surface area contributed by atoms with E-state index in [0.717, 1.165) is 11.1 Å². The molecule has 1 saturated heterocycles. The third kappa shape index (κ3) is 1.93. The molecule has 37 heavy (non-hydrogen) atoms. The van der Waals surface area contributed by atoms with Gasteiger partial charge in [-0.25, -0.2) is 0 Å². The van der Waals surface area contributed by atoms with E-state index >= 15 is 0 Å². The SMILES string of the molecule is N#CC1=C([C@]23O[C@@]2(C#N)C2c4ccccc4C3c3ccccc32)C2c3ccccc3C1c1ccccc12. The van der Waals surface area contributed by atoms with E-state index in [9.17, 15) is 10.5 Å². The maximum atomic E-state index is 10.9. The zero-order valence-electron chi connectivity index (χ0n) is 19.8. The van der Waals surface area contributed by atoms with Crippen LogP contribution in [0.2, 0.25) is 0 Å². The molecule has 2 atom stereocenters. The van der Waals surface area contributed by atoms with Gasteiger partial charge in [-0.3, -0.25) is 0 Å². The van der Waals surface area contributed by atoms with E-state index in [0.29, 0.717) is 0 Å². The van der Waals surface area contributed by atoms with Crippen molar-refractivity contribution in [2.45, 2.75) is 34.9 Å². The normalized spacial score (nSPS) is 32.3. The Bertz CT molecular complexity index is 1740. The molecule has 1 aliphatic heterocycles. The molecular weight excluding hydrogens is 452 g/mol. The summed E-state index contributed by atoms with van der Waals surface area (Å²) in [5.41, 5.74) is 9.57. The van der Waals surface area contributed by atoms with Crippen molar-refractivity contribution in [3.8, 4) is 12.1 Å². The first-order chi connectivity index (χ1) is 18.3. The van der Waals surface area contributed by atoms with Gasteiger partial charge < -0.3 is 4.74 Å². The van der Waals surface area contributed by atoms with Crippen molar-refractivity contribution < 1.29 is 4.74 Å². The number of nitriles is 2. The number of nitrogens with zero attached hydrogens (tertiary/aromatic N) is 2. The smallest absolute Gasteiger partial charge is 0.199 e. The second-order valence-electron chi connectivity index (χ2n) is 10.9. The molecular formula is C34H20N2O. The molecule has 1 heterocycles. The van der Waals surface area contributed by atoms with E-state index in [4.69, 9.17) is 4.74 Å². The van der Waals surface area contributed by atoms with Crippen molar-refractivity contribution >= 4 is 0 Å². The van der Waals surface area contributed by atoms with Gasteiger partial charge in [0.15, 0.2) is 5.60 Å². The van der Waals surface area contributed by atoms with Gasteiger partial charge in [-0.1, -0.05) is 97.1 Å². The lowest BCUT2D eigenvalue weighted by Crippen LogP contribution is -2.50. The van der Waals surface area contributed by atoms with Gasteiger partial charge in [0.2, 0.25) is 0 Å². The van der Waals surface area contributed by atoms with Gasteiger partial charge in [0.1, 0.15) is 11.7 Å². The molecule has 6 aliphatic carbocycles. The molecule has 0 radical (unpaired) electrons. The zero-order valence-corrected chi connectivity index (χ0v) is 19.8. The van der Waals surface area contributed by atoms with Gasteiger partial charge in [-0.2, -0.15) is 10.5 Å². The van der Waals surface area contributed by atoms with E-state index in [1.807, 2.05) is 0 Å². The highest BCUT2D eigenvalue weighted by molar-refractivity contribution is 5.77. The lowest BCUT2D eigenvalue weighted by Gasteiger charge is -2.50. The molecule has 0 N–H and O–H groups in total. The molecule has 4 aromatic rings. The van der Waals surface area contributed by atoms with Crippen LogP contribution in [0, 0.1) is 22.7 Å². The van der Waals surface area contributed by atoms with E-state index in [1.165, 1.54) is 44.5 Å². The second kappa shape index (κ2) is 6.27. The third-order valence-electron chi connectivity index (χ3n) is 9.67. The van der Waals surface area contributed by atoms with Crippen molar-refractivity contribution in [2.75, 3.05) is 0 Å². The molecule has 0 aromatic heterocycles. The van der Waals surface area contributed by atoms with E-state index in [2.05, 4.69) is 109 Å². The van der Waals surface area contributed by atoms with Gasteiger partial charge in [0.25, 0.3) is 0 Å². The summed E-state index contributed by atoms with van der Waals surface area (Å²) in [4.78, 5) is 0. The van der Waals surface area contributed by atoms with Crippen LogP contribution in [0.25, 0.3) is 0 Å². The number of hydrogen-bond donors (Lipinski definition) is 0. The maximum Gasteiger partial charge on any atom is 0.199 e. The largest absolute Gasteiger partial charge is 0.339 e. The highest BCUT2D eigenvalue weighted by Gasteiger charge is 2.85. The Morgan fingerprint density at radius 1 is 0.541 bits per heavy atom. The standard InChI is InChI=1S/C34H20N2O/c35-17-27-28-19-9-1-3-11-21(19)29(22-12-4-2-10-20(22)28)32(27)34-31-25-15-7-5-13-23(25)30(33(34,18-36)37-34)24-14-6-8-16-26(24)31/h1-16,28-31H/t28?,29?,30?,31?,33-,34-/m0/s1. The predicted molar refractivity (Wildman–Crippen MR) is 138 cm³/mol. The summed E-state index contributed by atoms with van der Waals surface area (Å²) in [7, 11) is 0. The molecule has 3 heteroatoms. The quantitative estimate of drug-likeness (QED) is 0.300. The predicted octanol–water partition coefficient (Wildman–Crippen LogP) is 6.42. The molecule has 11 rings (SSSR count). The van der Waals surface area contributed by atoms with Crippen LogP contribution in [0.4, 0.5) is 0 Å². The lowest BCUT2D eigenvalue weighted by molar-refractivity contribution is 0.286. The number of allylic oxidation sites excluding steroid dienone is 1. The first-order valence-electron chi connectivity index (χ1n) is 12.9. The second-order valence-corrected chi connectivity index (χ2v) is 10.9. The molecule has 0 unspecified atom stereocenters. The van der Waals surface area contributed by atoms with Crippen LogP contribution in [0.3, 0.4) is 0 Å². The topological polar surface area (TPSA) is 60.1 Å². The minimum absolute atomic E-state index is 0.110. The first-order valence-corrected chi connectivity index (χ1v) is 12.9. The van der Waals surface area contributed by atoms with Crippen LogP contribution in [0.15, 0.2) is 108 Å². The molecule has 0 amide bonds. The van der Waals surface area contributed by atoms with E-state index in [1.54, 1.807) is 0 Å². The molecule has 4 bridgehead atoms. The Balaban J connectivity index is 1.41. The Hall–Kier alpha value is -4.44. The number of epoxide rings is 1. The molecule has 0 spiro atoms. The van der Waals surface area contributed by atoms with Gasteiger partial charge in [-0.05, 0) is 50.1 Å². The Kier molecular flexibility index (Phi) is 3.34. The summed E-state index contributed by atoms with van der Waals surface area (Å²) in [5, 5.41) is 21.7. The minimum atomic E-state index is -1.03. The summed E-state index contributed by atoms with van der Waals surface area (Å²) in [6, 6.07) is 39.4. The van der Waals surface area contributed by atoms with Crippen molar-refractivity contribution in [1.82, 2.24) is 0 Å². The summed E-state index contributed by atoms with van der Waals surface area (Å²) >= 11 is 0. The van der Waals surface area contributed by atoms with Gasteiger partial charge in [-0.15, -0.1) is 0 Å². The van der Waals surface area contributed by atoms with Gasteiger partial charge in [0.05, 0.1) is 12.0 Å². The monoisotopic (exact) mass is 472 g/mol. The fourth-order valence-electron chi connectivity index (χ4n) is 8.52. The van der Waals surface area contributed by atoms with Crippen LogP contribution in [0.1, 0.15) is 68.2 Å². The Morgan fingerprint density at radius 3 is 1.38 bits per heavy atom. The summed E-state index contributed by atoms with van der Waals surface area (Å²) in [6.45, 7) is 0. The van der Waals surface area contributed by atoms with Crippen LogP contribution in [-0.2, 0) is 4.74 Å². The first kappa shape index (κ1) is 19.7. The van der Waals surface area contributed by atoms with Crippen molar-refractivity contribution in [3.63, 3.8) is 0 Å². The van der Waals surface area contributed by atoms with Gasteiger partial charge in [0, 0.05) is 23.3 Å². The molecule has 172 valence electrons. The maximum absolute atomic E-state index is 10.9. The summed E-state index contributed by atoms with van der Waals surface area (Å²) in [5.74, 6) is -0.575.